The van der Waals surface area contributed by atoms with Gasteiger partial charge < -0.3 is 10.2 Å². The van der Waals surface area contributed by atoms with E-state index in [2.05, 4.69) is 5.32 Å². The molecular formula is C31H33Cl3F3N3O4S. The van der Waals surface area contributed by atoms with Crippen molar-refractivity contribution in [2.75, 3.05) is 10.8 Å². The van der Waals surface area contributed by atoms with E-state index < -0.39 is 62.4 Å². The SMILES string of the molecule is CC[C@H](C(=O)NC(C)(C)C)N(Cc1c(Cl)cccc1Cl)C(=O)CN(c1ccc(Cl)c(C(F)(F)F)c1)S(=O)(=O)c1ccc(C)cc1. The molecule has 0 aliphatic carbocycles. The van der Waals surface area contributed by atoms with E-state index >= 15 is 0 Å². The smallest absolute Gasteiger partial charge is 0.350 e. The number of sulfonamides is 1. The van der Waals surface area contributed by atoms with E-state index in [1.165, 1.54) is 24.3 Å². The highest BCUT2D eigenvalue weighted by Crippen LogP contribution is 2.38. The first-order valence-electron chi connectivity index (χ1n) is 13.8. The lowest BCUT2D eigenvalue weighted by atomic mass is 10.1. The third-order valence-corrected chi connectivity index (χ3v) is 9.53. The number of anilines is 1. The van der Waals surface area contributed by atoms with Crippen molar-refractivity contribution in [1.29, 1.82) is 0 Å². The molecule has 0 aliphatic heterocycles. The summed E-state index contributed by atoms with van der Waals surface area (Å²) in [6, 6.07) is 11.7. The quantitative estimate of drug-likeness (QED) is 0.232. The number of halogens is 6. The number of benzene rings is 3. The zero-order chi connectivity index (χ0) is 33.9. The van der Waals surface area contributed by atoms with Crippen molar-refractivity contribution in [3.8, 4) is 0 Å². The Balaban J connectivity index is 2.20. The van der Waals surface area contributed by atoms with Gasteiger partial charge in [0.25, 0.3) is 10.0 Å². The topological polar surface area (TPSA) is 86.8 Å². The number of alkyl halides is 3. The van der Waals surface area contributed by atoms with Crippen molar-refractivity contribution in [3.05, 3.63) is 92.4 Å². The minimum absolute atomic E-state index is 0.111. The molecule has 3 aromatic rings. The molecule has 3 rings (SSSR count). The van der Waals surface area contributed by atoms with Crippen LogP contribution in [0.4, 0.5) is 18.9 Å². The Morgan fingerprint density at radius 1 is 0.911 bits per heavy atom. The Hall–Kier alpha value is -2.99. The van der Waals surface area contributed by atoms with Crippen LogP contribution in [0.15, 0.2) is 65.6 Å². The monoisotopic (exact) mass is 705 g/mol. The zero-order valence-electron chi connectivity index (χ0n) is 25.2. The van der Waals surface area contributed by atoms with Gasteiger partial charge in [-0.15, -0.1) is 0 Å². The first-order valence-corrected chi connectivity index (χ1v) is 16.3. The van der Waals surface area contributed by atoms with Crippen LogP contribution in [0.2, 0.25) is 15.1 Å². The van der Waals surface area contributed by atoms with Crippen LogP contribution in [0.25, 0.3) is 0 Å². The number of aryl methyl sites for hydroxylation is 1. The fraction of sp³-hybridized carbons (Fsp3) is 0.355. The summed E-state index contributed by atoms with van der Waals surface area (Å²) >= 11 is 18.6. The van der Waals surface area contributed by atoms with Crippen LogP contribution in [-0.4, -0.2) is 43.3 Å². The summed E-state index contributed by atoms with van der Waals surface area (Å²) in [5.74, 6) is -1.42. The molecule has 0 radical (unpaired) electrons. The number of carbonyl (C=O) groups is 2. The normalized spacial score (nSPS) is 12.9. The molecule has 0 unspecified atom stereocenters. The lowest BCUT2D eigenvalue weighted by molar-refractivity contribution is -0.141. The second-order valence-corrected chi connectivity index (χ2v) is 14.5. The molecule has 1 N–H and O–H groups in total. The van der Waals surface area contributed by atoms with Gasteiger partial charge in [-0.05, 0) is 76.6 Å². The number of nitrogens with zero attached hydrogens (tertiary/aromatic N) is 2. The van der Waals surface area contributed by atoms with Crippen LogP contribution >= 0.6 is 34.8 Å². The van der Waals surface area contributed by atoms with Crippen molar-refractivity contribution in [3.63, 3.8) is 0 Å². The Morgan fingerprint density at radius 2 is 1.49 bits per heavy atom. The summed E-state index contributed by atoms with van der Waals surface area (Å²) in [5.41, 5.74) is -1.38. The van der Waals surface area contributed by atoms with Crippen LogP contribution in [0.5, 0.6) is 0 Å². The van der Waals surface area contributed by atoms with E-state index in [9.17, 15) is 31.2 Å². The maximum absolute atomic E-state index is 14.2. The number of hydrogen-bond acceptors (Lipinski definition) is 4. The van der Waals surface area contributed by atoms with Gasteiger partial charge in [-0.3, -0.25) is 13.9 Å². The van der Waals surface area contributed by atoms with E-state index in [4.69, 9.17) is 34.8 Å². The number of amides is 2. The molecule has 0 saturated carbocycles. The molecule has 0 bridgehead atoms. The summed E-state index contributed by atoms with van der Waals surface area (Å²) in [7, 11) is -4.62. The zero-order valence-corrected chi connectivity index (χ0v) is 28.3. The van der Waals surface area contributed by atoms with Crippen LogP contribution in [-0.2, 0) is 32.3 Å². The maximum Gasteiger partial charge on any atom is 0.417 e. The average Bonchev–Trinajstić information content (AvgIpc) is 2.92. The molecular weight excluding hydrogens is 674 g/mol. The molecule has 0 spiro atoms. The van der Waals surface area contributed by atoms with Crippen LogP contribution in [0.1, 0.15) is 50.8 Å². The number of hydrogen-bond donors (Lipinski definition) is 1. The first kappa shape index (κ1) is 36.5. The molecule has 0 saturated heterocycles. The van der Waals surface area contributed by atoms with Gasteiger partial charge in [-0.2, -0.15) is 13.2 Å². The van der Waals surface area contributed by atoms with Gasteiger partial charge in [0.15, 0.2) is 0 Å². The summed E-state index contributed by atoms with van der Waals surface area (Å²) < 4.78 is 70.1. The number of carbonyl (C=O) groups excluding carboxylic acids is 2. The second kappa shape index (κ2) is 14.2. The van der Waals surface area contributed by atoms with Gasteiger partial charge in [-0.1, -0.05) is 65.5 Å². The summed E-state index contributed by atoms with van der Waals surface area (Å²) in [6.45, 7) is 7.40. The Kier molecular flexibility index (Phi) is 11.5. The fourth-order valence-corrected chi connectivity index (χ4v) is 6.63. The van der Waals surface area contributed by atoms with Gasteiger partial charge in [0, 0.05) is 27.7 Å². The van der Waals surface area contributed by atoms with Gasteiger partial charge in [0.05, 0.1) is 21.2 Å². The first-order chi connectivity index (χ1) is 20.8. The van der Waals surface area contributed by atoms with Crippen molar-refractivity contribution in [2.24, 2.45) is 0 Å². The van der Waals surface area contributed by atoms with E-state index in [1.54, 1.807) is 52.8 Å². The molecule has 1 atom stereocenters. The summed E-state index contributed by atoms with van der Waals surface area (Å²) in [4.78, 5) is 28.5. The molecule has 0 aromatic heterocycles. The van der Waals surface area contributed by atoms with E-state index in [1.807, 2.05) is 0 Å². The van der Waals surface area contributed by atoms with E-state index in [0.29, 0.717) is 15.9 Å². The summed E-state index contributed by atoms with van der Waals surface area (Å²) in [6.07, 6.45) is -4.80. The molecule has 244 valence electrons. The molecule has 2 amide bonds. The number of nitrogens with one attached hydrogen (secondary N) is 1. The molecule has 0 heterocycles. The standard InChI is InChI=1S/C31H33Cl3F3N3O4S/c1-6-27(29(42)38-30(3,4)5)39(17-22-24(32)8-7-9-25(22)33)28(41)18-40(45(43,44)21-13-10-19(2)11-14-21)20-12-15-26(34)23(16-20)31(35,36)37/h7-16,27H,6,17-18H2,1-5H3,(H,38,42)/t27-/m1/s1. The highest BCUT2D eigenvalue weighted by Gasteiger charge is 2.38. The van der Waals surface area contributed by atoms with Gasteiger partial charge in [0.2, 0.25) is 11.8 Å². The van der Waals surface area contributed by atoms with Crippen LogP contribution in [0, 0.1) is 6.92 Å². The minimum Gasteiger partial charge on any atom is -0.350 e. The maximum atomic E-state index is 14.2. The lowest BCUT2D eigenvalue weighted by Crippen LogP contribution is -2.55. The highest BCUT2D eigenvalue weighted by molar-refractivity contribution is 7.92. The Labute approximate surface area is 276 Å². The largest absolute Gasteiger partial charge is 0.417 e. The summed E-state index contributed by atoms with van der Waals surface area (Å²) in [5, 5.41) is 2.57. The minimum atomic E-state index is -4.92. The van der Waals surface area contributed by atoms with Crippen molar-refractivity contribution >= 4 is 62.3 Å². The molecule has 7 nitrogen and oxygen atoms in total. The molecule has 45 heavy (non-hydrogen) atoms. The lowest BCUT2D eigenvalue weighted by Gasteiger charge is -2.35. The van der Waals surface area contributed by atoms with Gasteiger partial charge in [-0.25, -0.2) is 8.42 Å². The molecule has 0 aliphatic rings. The van der Waals surface area contributed by atoms with Crippen molar-refractivity contribution in [1.82, 2.24) is 10.2 Å². The van der Waals surface area contributed by atoms with Gasteiger partial charge in [0.1, 0.15) is 12.6 Å². The highest BCUT2D eigenvalue weighted by atomic mass is 35.5. The average molecular weight is 707 g/mol. The predicted molar refractivity (Wildman–Crippen MR) is 171 cm³/mol. The molecule has 3 aromatic carbocycles. The number of rotatable bonds is 10. The predicted octanol–water partition coefficient (Wildman–Crippen LogP) is 7.89. The molecule has 0 fully saturated rings. The Bertz CT molecular complexity index is 1640. The third kappa shape index (κ3) is 9.06. The Morgan fingerprint density at radius 3 is 2.00 bits per heavy atom. The fourth-order valence-electron chi connectivity index (χ4n) is 4.48. The van der Waals surface area contributed by atoms with Crippen molar-refractivity contribution < 1.29 is 31.2 Å². The second-order valence-electron chi connectivity index (χ2n) is 11.4. The van der Waals surface area contributed by atoms with Crippen LogP contribution < -0.4 is 9.62 Å². The van der Waals surface area contributed by atoms with E-state index in [0.717, 1.165) is 22.6 Å². The van der Waals surface area contributed by atoms with Crippen LogP contribution in [0.3, 0.4) is 0 Å². The third-order valence-electron chi connectivity index (χ3n) is 6.71. The molecule has 14 heteroatoms. The van der Waals surface area contributed by atoms with E-state index in [-0.39, 0.29) is 27.9 Å². The van der Waals surface area contributed by atoms with Gasteiger partial charge >= 0.3 is 6.18 Å². The van der Waals surface area contributed by atoms with Crippen molar-refractivity contribution in [2.45, 2.75) is 70.2 Å².